The van der Waals surface area contributed by atoms with E-state index < -0.39 is 0 Å². The van der Waals surface area contributed by atoms with Crippen LogP contribution in [0.3, 0.4) is 0 Å². The lowest BCUT2D eigenvalue weighted by Crippen LogP contribution is -2.29. The van der Waals surface area contributed by atoms with E-state index in [0.717, 1.165) is 12.0 Å². The maximum atomic E-state index is 13.3. The van der Waals surface area contributed by atoms with Crippen molar-refractivity contribution < 1.29 is 4.39 Å². The summed E-state index contributed by atoms with van der Waals surface area (Å²) in [6.45, 7) is 6.58. The van der Waals surface area contributed by atoms with Crippen molar-refractivity contribution in [3.05, 3.63) is 71.0 Å². The van der Waals surface area contributed by atoms with E-state index in [2.05, 4.69) is 50.5 Å². The first-order valence-electron chi connectivity index (χ1n) is 7.21. The summed E-state index contributed by atoms with van der Waals surface area (Å²) in [5, 5.41) is 0. The van der Waals surface area contributed by atoms with Gasteiger partial charge in [0.1, 0.15) is 5.82 Å². The average Bonchev–Trinajstić information content (AvgIpc) is 2.44. The first kappa shape index (κ1) is 15.7. The van der Waals surface area contributed by atoms with Gasteiger partial charge in [0.15, 0.2) is 0 Å². The number of nitrogens with two attached hydrogens (primary N) is 1. The highest BCUT2D eigenvalue weighted by Gasteiger charge is 2.15. The fourth-order valence-electron chi connectivity index (χ4n) is 2.37. The predicted molar refractivity (Wildman–Crippen MR) is 85.3 cm³/mol. The molecule has 0 bridgehead atoms. The largest absolute Gasteiger partial charge is 0.271 e. The second-order valence-electron chi connectivity index (χ2n) is 6.43. The molecule has 0 spiro atoms. The van der Waals surface area contributed by atoms with Crippen LogP contribution in [0.2, 0.25) is 0 Å². The molecule has 0 aliphatic heterocycles. The van der Waals surface area contributed by atoms with Crippen molar-refractivity contribution in [3.63, 3.8) is 0 Å². The smallest absolute Gasteiger partial charge is 0.123 e. The molecule has 0 radical (unpaired) electrons. The summed E-state index contributed by atoms with van der Waals surface area (Å²) in [6, 6.07) is 15.0. The van der Waals surface area contributed by atoms with Crippen LogP contribution in [0.15, 0.2) is 48.5 Å². The Labute approximate surface area is 126 Å². The molecular weight excluding hydrogens is 263 g/mol. The second kappa shape index (κ2) is 6.37. The van der Waals surface area contributed by atoms with Crippen molar-refractivity contribution in [2.24, 2.45) is 5.84 Å². The number of hydrazine groups is 1. The Kier molecular flexibility index (Phi) is 4.76. The fraction of sp³-hybridized carbons (Fsp3) is 0.333. The summed E-state index contributed by atoms with van der Waals surface area (Å²) in [4.78, 5) is 0. The third-order valence-electron chi connectivity index (χ3n) is 3.71. The second-order valence-corrected chi connectivity index (χ2v) is 6.43. The van der Waals surface area contributed by atoms with Crippen LogP contribution in [0.4, 0.5) is 4.39 Å². The topological polar surface area (TPSA) is 38.0 Å². The molecule has 3 heteroatoms. The Morgan fingerprint density at radius 1 is 1.10 bits per heavy atom. The Morgan fingerprint density at radius 3 is 2.29 bits per heavy atom. The predicted octanol–water partition coefficient (Wildman–Crippen LogP) is 3.87. The SMILES string of the molecule is CC(C)(C)c1ccc(CC(NN)c2cccc(F)c2)cc1. The minimum Gasteiger partial charge on any atom is -0.271 e. The van der Waals surface area contributed by atoms with E-state index in [9.17, 15) is 4.39 Å². The Balaban J connectivity index is 2.15. The third kappa shape index (κ3) is 4.13. The van der Waals surface area contributed by atoms with Crippen LogP contribution in [0.1, 0.15) is 43.5 Å². The number of hydrogen-bond donors (Lipinski definition) is 2. The maximum Gasteiger partial charge on any atom is 0.123 e. The standard InChI is InChI=1S/C18H23FN2/c1-18(2,3)15-9-7-13(8-10-15)11-17(21-20)14-5-4-6-16(19)12-14/h4-10,12,17,21H,11,20H2,1-3H3. The molecule has 0 saturated carbocycles. The van der Waals surface area contributed by atoms with E-state index in [-0.39, 0.29) is 17.3 Å². The highest BCUT2D eigenvalue weighted by Crippen LogP contribution is 2.24. The summed E-state index contributed by atoms with van der Waals surface area (Å²) < 4.78 is 13.3. The van der Waals surface area contributed by atoms with E-state index in [1.807, 2.05) is 6.07 Å². The molecule has 2 aromatic carbocycles. The van der Waals surface area contributed by atoms with Crippen molar-refractivity contribution in [1.82, 2.24) is 5.43 Å². The van der Waals surface area contributed by atoms with Gasteiger partial charge in [-0.2, -0.15) is 0 Å². The van der Waals surface area contributed by atoms with Gasteiger partial charge in [0.2, 0.25) is 0 Å². The lowest BCUT2D eigenvalue weighted by Gasteiger charge is -2.20. The molecule has 2 aromatic rings. The average molecular weight is 286 g/mol. The monoisotopic (exact) mass is 286 g/mol. The zero-order valence-electron chi connectivity index (χ0n) is 12.9. The molecule has 21 heavy (non-hydrogen) atoms. The van der Waals surface area contributed by atoms with Gasteiger partial charge in [-0.25, -0.2) is 4.39 Å². The third-order valence-corrected chi connectivity index (χ3v) is 3.71. The molecule has 1 atom stereocenters. The summed E-state index contributed by atoms with van der Waals surface area (Å²) >= 11 is 0. The molecule has 0 fully saturated rings. The van der Waals surface area contributed by atoms with Gasteiger partial charge >= 0.3 is 0 Å². The molecule has 0 amide bonds. The molecule has 3 N–H and O–H groups in total. The highest BCUT2D eigenvalue weighted by molar-refractivity contribution is 5.29. The van der Waals surface area contributed by atoms with Gasteiger partial charge in [-0.15, -0.1) is 0 Å². The molecule has 0 heterocycles. The van der Waals surface area contributed by atoms with Crippen molar-refractivity contribution in [3.8, 4) is 0 Å². The quantitative estimate of drug-likeness (QED) is 0.661. The first-order valence-corrected chi connectivity index (χ1v) is 7.21. The van der Waals surface area contributed by atoms with Gasteiger partial charge < -0.3 is 0 Å². The van der Waals surface area contributed by atoms with Crippen molar-refractivity contribution in [2.45, 2.75) is 38.6 Å². The maximum absolute atomic E-state index is 13.3. The van der Waals surface area contributed by atoms with Gasteiger partial charge in [-0.1, -0.05) is 57.2 Å². The van der Waals surface area contributed by atoms with Crippen LogP contribution < -0.4 is 11.3 Å². The summed E-state index contributed by atoms with van der Waals surface area (Å²) in [5.74, 6) is 5.39. The number of nitrogens with one attached hydrogen (secondary N) is 1. The lowest BCUT2D eigenvalue weighted by atomic mass is 9.86. The van der Waals surface area contributed by atoms with Crippen LogP contribution in [0.5, 0.6) is 0 Å². The highest BCUT2D eigenvalue weighted by atomic mass is 19.1. The zero-order chi connectivity index (χ0) is 15.5. The first-order chi connectivity index (χ1) is 9.90. The normalized spacial score (nSPS) is 13.2. The molecule has 0 saturated heterocycles. The van der Waals surface area contributed by atoms with Gasteiger partial charge in [0, 0.05) is 0 Å². The summed E-state index contributed by atoms with van der Waals surface area (Å²) in [6.07, 6.45) is 0.727. The molecule has 0 aliphatic carbocycles. The molecule has 2 rings (SSSR count). The Morgan fingerprint density at radius 2 is 1.76 bits per heavy atom. The molecular formula is C18H23FN2. The molecule has 0 aromatic heterocycles. The number of halogens is 1. The van der Waals surface area contributed by atoms with Crippen molar-refractivity contribution >= 4 is 0 Å². The van der Waals surface area contributed by atoms with Crippen LogP contribution >= 0.6 is 0 Å². The van der Waals surface area contributed by atoms with Crippen LogP contribution in [0, 0.1) is 5.82 Å². The van der Waals surface area contributed by atoms with Crippen molar-refractivity contribution in [1.29, 1.82) is 0 Å². The Hall–Kier alpha value is -1.71. The number of benzene rings is 2. The van der Waals surface area contributed by atoms with E-state index in [4.69, 9.17) is 5.84 Å². The van der Waals surface area contributed by atoms with Crippen LogP contribution in [-0.4, -0.2) is 0 Å². The van der Waals surface area contributed by atoms with Gasteiger partial charge in [-0.3, -0.25) is 11.3 Å². The van der Waals surface area contributed by atoms with E-state index in [1.54, 1.807) is 6.07 Å². The van der Waals surface area contributed by atoms with Crippen molar-refractivity contribution in [2.75, 3.05) is 0 Å². The molecule has 0 aliphatic rings. The number of rotatable bonds is 4. The number of hydrogen-bond acceptors (Lipinski definition) is 2. The zero-order valence-corrected chi connectivity index (χ0v) is 12.9. The van der Waals surface area contributed by atoms with Gasteiger partial charge in [-0.05, 0) is 40.7 Å². The van der Waals surface area contributed by atoms with E-state index in [1.165, 1.54) is 23.3 Å². The molecule has 2 nitrogen and oxygen atoms in total. The molecule has 112 valence electrons. The minimum atomic E-state index is -0.240. The summed E-state index contributed by atoms with van der Waals surface area (Å²) in [7, 11) is 0. The van der Waals surface area contributed by atoms with Crippen LogP contribution in [-0.2, 0) is 11.8 Å². The van der Waals surface area contributed by atoms with Crippen LogP contribution in [0.25, 0.3) is 0 Å². The van der Waals surface area contributed by atoms with Gasteiger partial charge in [0.25, 0.3) is 0 Å². The molecule has 1 unspecified atom stereocenters. The van der Waals surface area contributed by atoms with Gasteiger partial charge in [0.05, 0.1) is 6.04 Å². The Bertz CT molecular complexity index is 585. The summed E-state index contributed by atoms with van der Waals surface area (Å²) in [5.41, 5.74) is 6.25. The minimum absolute atomic E-state index is 0.0961. The fourth-order valence-corrected chi connectivity index (χ4v) is 2.37. The lowest BCUT2D eigenvalue weighted by molar-refractivity contribution is 0.543. The van der Waals surface area contributed by atoms with E-state index in [0.29, 0.717) is 0 Å². The van der Waals surface area contributed by atoms with E-state index >= 15 is 0 Å².